The van der Waals surface area contributed by atoms with Gasteiger partial charge < -0.3 is 9.47 Å². The van der Waals surface area contributed by atoms with Gasteiger partial charge in [0.15, 0.2) is 13.2 Å². The maximum Gasteiger partial charge on any atom is 0.425 e. The quantitative estimate of drug-likeness (QED) is 0.561. The first-order valence-electron chi connectivity index (χ1n) is 8.03. The number of urea groups is 1. The van der Waals surface area contributed by atoms with Crippen LogP contribution in [0.3, 0.4) is 0 Å². The number of carbonyl (C=O) groups is 1. The number of rotatable bonds is 6. The molecule has 7 nitrogen and oxygen atoms in total. The summed E-state index contributed by atoms with van der Waals surface area (Å²) in [5, 5.41) is 1.82. The van der Waals surface area contributed by atoms with E-state index in [1.165, 1.54) is 0 Å². The van der Waals surface area contributed by atoms with Crippen LogP contribution in [0.4, 0.5) is 55.3 Å². The number of nitrogens with zero attached hydrogens (tertiary/aromatic N) is 3. The van der Waals surface area contributed by atoms with Crippen molar-refractivity contribution in [1.29, 1.82) is 0 Å². The number of hydrogen-bond acceptors (Lipinski definition) is 6. The Morgan fingerprint density at radius 1 is 0.969 bits per heavy atom. The molecule has 0 unspecified atom stereocenters. The van der Waals surface area contributed by atoms with Crippen LogP contribution >= 0.6 is 11.3 Å². The van der Waals surface area contributed by atoms with Crippen LogP contribution in [0.5, 0.6) is 11.8 Å². The molecule has 0 bridgehead atoms. The average Bonchev–Trinajstić information content (AvgIpc) is 3.12. The Labute approximate surface area is 176 Å². The van der Waals surface area contributed by atoms with Gasteiger partial charge in [-0.25, -0.2) is 4.79 Å². The van der Waals surface area contributed by atoms with Gasteiger partial charge in [0.2, 0.25) is 17.7 Å². The van der Waals surface area contributed by atoms with Gasteiger partial charge in [-0.2, -0.15) is 49.5 Å². The molecule has 2 aromatic rings. The minimum Gasteiger partial charge on any atom is -0.468 e. The van der Waals surface area contributed by atoms with Gasteiger partial charge in [-0.3, -0.25) is 10.2 Å². The number of aromatic nitrogens is 2. The molecule has 0 radical (unpaired) electrons. The van der Waals surface area contributed by atoms with Crippen LogP contribution in [0, 0.1) is 0 Å². The Kier molecular flexibility index (Phi) is 7.31. The lowest BCUT2D eigenvalue weighted by Crippen LogP contribution is -2.32. The minimum absolute atomic E-state index is 0.185. The van der Waals surface area contributed by atoms with Gasteiger partial charge in [0.05, 0.1) is 11.1 Å². The molecule has 0 aromatic carbocycles. The standard InChI is InChI=1S/C15H11F9N4O3S/c1-28(12(29)27-10-3-2-7(32-10)15(22,23)24)11-25-8(30-5-13(16,17)18)4-9(26-11)31-6-14(19,20)21/h2-4H,5-6H2,1H3,(H,27,29). The predicted molar refractivity (Wildman–Crippen MR) is 91.9 cm³/mol. The molecule has 0 fully saturated rings. The number of anilines is 2. The number of halogens is 9. The third-order valence-electron chi connectivity index (χ3n) is 3.15. The Morgan fingerprint density at radius 2 is 1.47 bits per heavy atom. The summed E-state index contributed by atoms with van der Waals surface area (Å²) in [5.74, 6) is -2.47. The summed E-state index contributed by atoms with van der Waals surface area (Å²) in [6, 6.07) is 1.05. The lowest BCUT2D eigenvalue weighted by molar-refractivity contribution is -0.154. The van der Waals surface area contributed by atoms with Crippen molar-refractivity contribution in [3.05, 3.63) is 23.1 Å². The third kappa shape index (κ3) is 7.93. The normalized spacial score (nSPS) is 12.4. The summed E-state index contributed by atoms with van der Waals surface area (Å²) in [5.41, 5.74) is 0. The first-order valence-corrected chi connectivity index (χ1v) is 8.85. The lowest BCUT2D eigenvalue weighted by atomic mass is 10.4. The second-order valence-corrected chi connectivity index (χ2v) is 6.89. The maximum atomic E-state index is 12.6. The van der Waals surface area contributed by atoms with Crippen LogP contribution in [0.1, 0.15) is 4.88 Å². The number of hydrogen-bond donors (Lipinski definition) is 1. The van der Waals surface area contributed by atoms with Crippen molar-refractivity contribution in [2.75, 3.05) is 30.5 Å². The zero-order valence-electron chi connectivity index (χ0n) is 15.5. The van der Waals surface area contributed by atoms with Crippen molar-refractivity contribution in [1.82, 2.24) is 9.97 Å². The highest BCUT2D eigenvalue weighted by atomic mass is 32.1. The van der Waals surface area contributed by atoms with Crippen LogP contribution in [0.2, 0.25) is 0 Å². The molecule has 0 aliphatic rings. The summed E-state index contributed by atoms with van der Waals surface area (Å²) < 4.78 is 121. The second-order valence-electron chi connectivity index (χ2n) is 5.80. The molecule has 0 saturated heterocycles. The van der Waals surface area contributed by atoms with E-state index in [1.807, 2.05) is 0 Å². The molecular weight excluding hydrogens is 487 g/mol. The second kappa shape index (κ2) is 9.25. The van der Waals surface area contributed by atoms with Gasteiger partial charge in [0.25, 0.3) is 0 Å². The van der Waals surface area contributed by atoms with Crippen molar-refractivity contribution in [3.63, 3.8) is 0 Å². The van der Waals surface area contributed by atoms with Crippen LogP contribution in [-0.2, 0) is 6.18 Å². The molecule has 2 amide bonds. The van der Waals surface area contributed by atoms with Gasteiger partial charge >= 0.3 is 24.6 Å². The summed E-state index contributed by atoms with van der Waals surface area (Å²) >= 11 is 0.185. The third-order valence-corrected chi connectivity index (χ3v) is 4.20. The van der Waals surface area contributed by atoms with E-state index in [9.17, 15) is 44.3 Å². The first kappa shape index (κ1) is 25.3. The van der Waals surface area contributed by atoms with Crippen molar-refractivity contribution >= 4 is 28.3 Å². The van der Waals surface area contributed by atoms with Gasteiger partial charge in [-0.15, -0.1) is 11.3 Å². The largest absolute Gasteiger partial charge is 0.468 e. The molecule has 2 heterocycles. The van der Waals surface area contributed by atoms with E-state index in [4.69, 9.17) is 0 Å². The highest BCUT2D eigenvalue weighted by Crippen LogP contribution is 2.36. The maximum absolute atomic E-state index is 12.6. The Hall–Kier alpha value is -2.98. The van der Waals surface area contributed by atoms with Crippen LogP contribution in [0.25, 0.3) is 0 Å². The van der Waals surface area contributed by atoms with E-state index in [0.717, 1.165) is 13.1 Å². The van der Waals surface area contributed by atoms with Crippen LogP contribution in [0.15, 0.2) is 18.2 Å². The van der Waals surface area contributed by atoms with Crippen molar-refractivity contribution in [2.45, 2.75) is 18.5 Å². The van der Waals surface area contributed by atoms with Crippen molar-refractivity contribution < 1.29 is 53.8 Å². The summed E-state index contributed by atoms with van der Waals surface area (Å²) in [6.45, 7) is -3.71. The molecule has 32 heavy (non-hydrogen) atoms. The molecule has 0 aliphatic carbocycles. The van der Waals surface area contributed by atoms with E-state index < -0.39 is 60.4 Å². The smallest absolute Gasteiger partial charge is 0.425 e. The fourth-order valence-electron chi connectivity index (χ4n) is 1.84. The molecule has 17 heteroatoms. The van der Waals surface area contributed by atoms with Gasteiger partial charge in [0.1, 0.15) is 4.88 Å². The van der Waals surface area contributed by atoms with Crippen LogP contribution in [-0.4, -0.2) is 48.6 Å². The SMILES string of the molecule is CN(C(=O)Nc1ccc(C(F)(F)F)s1)c1nc(OCC(F)(F)F)cc(OCC(F)(F)F)n1. The van der Waals surface area contributed by atoms with Crippen LogP contribution < -0.4 is 19.7 Å². The topological polar surface area (TPSA) is 76.6 Å². The molecule has 178 valence electrons. The number of thiophene rings is 1. The van der Waals surface area contributed by atoms with E-state index in [-0.39, 0.29) is 16.3 Å². The molecular formula is C15H11F9N4O3S. The number of alkyl halides is 9. The monoisotopic (exact) mass is 498 g/mol. The molecule has 1 N–H and O–H groups in total. The van der Waals surface area contributed by atoms with Gasteiger partial charge in [0, 0.05) is 7.05 Å². The highest BCUT2D eigenvalue weighted by molar-refractivity contribution is 7.16. The number of amides is 2. The first-order chi connectivity index (χ1) is 14.5. The minimum atomic E-state index is -4.81. The number of nitrogens with one attached hydrogen (secondary N) is 1. The molecule has 0 aliphatic heterocycles. The van der Waals surface area contributed by atoms with Crippen molar-refractivity contribution in [2.24, 2.45) is 0 Å². The Morgan fingerprint density at radius 3 is 1.88 bits per heavy atom. The Bertz CT molecular complexity index is 907. The summed E-state index contributed by atoms with van der Waals surface area (Å²) in [6.07, 6.45) is -14.3. The molecule has 0 spiro atoms. The van der Waals surface area contributed by atoms with E-state index in [2.05, 4.69) is 24.8 Å². The summed E-state index contributed by atoms with van der Waals surface area (Å²) in [4.78, 5) is 18.7. The van der Waals surface area contributed by atoms with Crippen molar-refractivity contribution in [3.8, 4) is 11.8 Å². The fourth-order valence-corrected chi connectivity index (χ4v) is 2.60. The predicted octanol–water partition coefficient (Wildman–Crippen LogP) is 5.11. The fraction of sp³-hybridized carbons (Fsp3) is 0.400. The zero-order chi connectivity index (χ0) is 24.3. The molecule has 2 rings (SSSR count). The highest BCUT2D eigenvalue weighted by Gasteiger charge is 2.33. The van der Waals surface area contributed by atoms with Gasteiger partial charge in [-0.05, 0) is 12.1 Å². The number of carbonyl (C=O) groups excluding carboxylic acids is 1. The lowest BCUT2D eigenvalue weighted by Gasteiger charge is -2.18. The zero-order valence-corrected chi connectivity index (χ0v) is 16.3. The van der Waals surface area contributed by atoms with E-state index >= 15 is 0 Å². The molecule has 0 saturated carbocycles. The van der Waals surface area contributed by atoms with Gasteiger partial charge in [-0.1, -0.05) is 0 Å². The average molecular weight is 498 g/mol. The summed E-state index contributed by atoms with van der Waals surface area (Å²) in [7, 11) is 0.962. The Balaban J connectivity index is 2.23. The molecule has 0 atom stereocenters. The van der Waals surface area contributed by atoms with E-state index in [1.54, 1.807) is 0 Å². The number of ether oxygens (including phenoxy) is 2. The molecule has 2 aromatic heterocycles. The van der Waals surface area contributed by atoms with E-state index in [0.29, 0.717) is 17.0 Å².